The van der Waals surface area contributed by atoms with Gasteiger partial charge in [-0.2, -0.15) is 0 Å². The van der Waals surface area contributed by atoms with E-state index in [0.717, 1.165) is 6.54 Å². The fourth-order valence-corrected chi connectivity index (χ4v) is 2.08. The van der Waals surface area contributed by atoms with Crippen LogP contribution in [0.25, 0.3) is 0 Å². The van der Waals surface area contributed by atoms with E-state index in [1.807, 2.05) is 0 Å². The van der Waals surface area contributed by atoms with Gasteiger partial charge in [0.15, 0.2) is 6.10 Å². The smallest absolute Gasteiger partial charge is 0.260 e. The van der Waals surface area contributed by atoms with Gasteiger partial charge in [-0.1, -0.05) is 23.2 Å². The molecule has 0 saturated carbocycles. The van der Waals surface area contributed by atoms with Gasteiger partial charge in [-0.3, -0.25) is 4.79 Å². The van der Waals surface area contributed by atoms with E-state index < -0.39 is 6.10 Å². The van der Waals surface area contributed by atoms with Crippen molar-refractivity contribution < 1.29 is 14.3 Å². The molecule has 0 bridgehead atoms. The van der Waals surface area contributed by atoms with Crippen LogP contribution in [0.3, 0.4) is 0 Å². The Kier molecular flexibility index (Phi) is 11.4. The average molecular weight is 372 g/mol. The molecule has 0 heterocycles. The lowest BCUT2D eigenvalue weighted by atomic mass is 10.3. The molecule has 1 unspecified atom stereocenters. The maximum absolute atomic E-state index is 11.9. The summed E-state index contributed by atoms with van der Waals surface area (Å²) in [7, 11) is 1.64. The van der Waals surface area contributed by atoms with Gasteiger partial charge in [0.2, 0.25) is 0 Å². The second-order valence-corrected chi connectivity index (χ2v) is 5.27. The summed E-state index contributed by atoms with van der Waals surface area (Å²) in [6.07, 6.45) is -0.626. The molecule has 1 aromatic rings. The summed E-state index contributed by atoms with van der Waals surface area (Å²) in [4.78, 5) is 11.9. The third-order valence-electron chi connectivity index (χ3n) is 2.60. The number of hydrogen-bond donors (Lipinski definition) is 2. The number of methoxy groups -OCH3 is 1. The molecule has 0 radical (unpaired) electrons. The Hall–Kier alpha value is -0.720. The maximum atomic E-state index is 11.9. The van der Waals surface area contributed by atoms with Crippen LogP contribution in [0.4, 0.5) is 0 Å². The quantitative estimate of drug-likeness (QED) is 0.655. The van der Waals surface area contributed by atoms with E-state index >= 15 is 0 Å². The van der Waals surface area contributed by atoms with Gasteiger partial charge in [0, 0.05) is 36.8 Å². The van der Waals surface area contributed by atoms with Crippen molar-refractivity contribution in [2.24, 2.45) is 0 Å². The standard InChI is InChI=1S/C14H20Cl2N2O3.ClH/c1-10(14(19)18-4-3-17-5-6-20-2)21-13-8-11(15)7-12(16)9-13;/h7-10,17H,3-6H2,1-2H3,(H,18,19);1H. The number of rotatable bonds is 9. The molecule has 126 valence electrons. The van der Waals surface area contributed by atoms with E-state index in [1.54, 1.807) is 32.2 Å². The molecule has 0 saturated heterocycles. The number of hydrogen-bond acceptors (Lipinski definition) is 4. The zero-order valence-electron chi connectivity index (χ0n) is 12.5. The SMILES string of the molecule is COCCNCCNC(=O)C(C)Oc1cc(Cl)cc(Cl)c1.Cl. The molecule has 0 aromatic heterocycles. The lowest BCUT2D eigenvalue weighted by Gasteiger charge is -2.15. The average Bonchev–Trinajstić information content (AvgIpc) is 2.41. The number of carbonyl (C=O) groups is 1. The number of halogens is 3. The highest BCUT2D eigenvalue weighted by Gasteiger charge is 2.14. The largest absolute Gasteiger partial charge is 0.481 e. The molecule has 0 aliphatic carbocycles. The Labute approximate surface area is 147 Å². The van der Waals surface area contributed by atoms with Gasteiger partial charge in [0.05, 0.1) is 6.61 Å². The van der Waals surface area contributed by atoms with Crippen LogP contribution in [0.5, 0.6) is 5.75 Å². The van der Waals surface area contributed by atoms with Crippen LogP contribution in [0, 0.1) is 0 Å². The molecule has 0 aliphatic rings. The fourth-order valence-electron chi connectivity index (χ4n) is 1.57. The minimum absolute atomic E-state index is 0. The molecule has 2 N–H and O–H groups in total. The molecule has 5 nitrogen and oxygen atoms in total. The molecule has 1 rings (SSSR count). The minimum Gasteiger partial charge on any atom is -0.481 e. The van der Waals surface area contributed by atoms with E-state index in [2.05, 4.69) is 10.6 Å². The Bertz CT molecular complexity index is 441. The first kappa shape index (κ1) is 21.3. The number of amides is 1. The summed E-state index contributed by atoms with van der Waals surface area (Å²) in [5, 5.41) is 6.84. The molecule has 0 aliphatic heterocycles. The highest BCUT2D eigenvalue weighted by molar-refractivity contribution is 6.34. The van der Waals surface area contributed by atoms with E-state index in [9.17, 15) is 4.79 Å². The monoisotopic (exact) mass is 370 g/mol. The highest BCUT2D eigenvalue weighted by atomic mass is 35.5. The number of carbonyl (C=O) groups excluding carboxylic acids is 1. The van der Waals surface area contributed by atoms with E-state index in [4.69, 9.17) is 32.7 Å². The molecule has 8 heteroatoms. The summed E-state index contributed by atoms with van der Waals surface area (Å²) in [6, 6.07) is 4.83. The molecule has 1 aromatic carbocycles. The van der Waals surface area contributed by atoms with Crippen molar-refractivity contribution in [3.8, 4) is 5.75 Å². The maximum Gasteiger partial charge on any atom is 0.260 e. The van der Waals surface area contributed by atoms with Crippen molar-refractivity contribution in [3.63, 3.8) is 0 Å². The minimum atomic E-state index is -0.626. The van der Waals surface area contributed by atoms with Crippen LogP contribution in [-0.4, -0.2) is 45.4 Å². The van der Waals surface area contributed by atoms with Gasteiger partial charge in [0.25, 0.3) is 5.91 Å². The topological polar surface area (TPSA) is 59.6 Å². The van der Waals surface area contributed by atoms with Crippen molar-refractivity contribution in [2.75, 3.05) is 33.4 Å². The highest BCUT2D eigenvalue weighted by Crippen LogP contribution is 2.24. The van der Waals surface area contributed by atoms with E-state index in [-0.39, 0.29) is 18.3 Å². The predicted molar refractivity (Wildman–Crippen MR) is 91.6 cm³/mol. The molecular formula is C14H21Cl3N2O3. The Morgan fingerprint density at radius 1 is 1.18 bits per heavy atom. The summed E-state index contributed by atoms with van der Waals surface area (Å²) < 4.78 is 10.4. The van der Waals surface area contributed by atoms with Gasteiger partial charge in [-0.25, -0.2) is 0 Å². The van der Waals surface area contributed by atoms with Gasteiger partial charge >= 0.3 is 0 Å². The number of nitrogens with one attached hydrogen (secondary N) is 2. The van der Waals surface area contributed by atoms with Crippen molar-refractivity contribution in [1.29, 1.82) is 0 Å². The second-order valence-electron chi connectivity index (χ2n) is 4.40. The number of ether oxygens (including phenoxy) is 2. The molecule has 0 spiro atoms. The van der Waals surface area contributed by atoms with Crippen LogP contribution >= 0.6 is 35.6 Å². The van der Waals surface area contributed by atoms with Gasteiger partial charge in [-0.15, -0.1) is 12.4 Å². The van der Waals surface area contributed by atoms with Crippen molar-refractivity contribution in [3.05, 3.63) is 28.2 Å². The van der Waals surface area contributed by atoms with Gasteiger partial charge < -0.3 is 20.1 Å². The van der Waals surface area contributed by atoms with Crippen LogP contribution in [-0.2, 0) is 9.53 Å². The summed E-state index contributed by atoms with van der Waals surface area (Å²) in [6.45, 7) is 4.25. The van der Waals surface area contributed by atoms with Crippen molar-refractivity contribution in [2.45, 2.75) is 13.0 Å². The van der Waals surface area contributed by atoms with Crippen LogP contribution < -0.4 is 15.4 Å². The van der Waals surface area contributed by atoms with Crippen LogP contribution in [0.2, 0.25) is 10.0 Å². The van der Waals surface area contributed by atoms with Crippen molar-refractivity contribution >= 4 is 41.5 Å². The first-order valence-electron chi connectivity index (χ1n) is 6.63. The normalized spacial score (nSPS) is 11.5. The zero-order valence-corrected chi connectivity index (χ0v) is 14.9. The van der Waals surface area contributed by atoms with E-state index in [1.165, 1.54) is 0 Å². The Morgan fingerprint density at radius 3 is 2.41 bits per heavy atom. The van der Waals surface area contributed by atoms with Crippen LogP contribution in [0.1, 0.15) is 6.92 Å². The third-order valence-corrected chi connectivity index (χ3v) is 3.04. The Morgan fingerprint density at radius 2 is 1.82 bits per heavy atom. The van der Waals surface area contributed by atoms with Crippen LogP contribution in [0.15, 0.2) is 18.2 Å². The molecule has 22 heavy (non-hydrogen) atoms. The summed E-state index contributed by atoms with van der Waals surface area (Å²) >= 11 is 11.7. The lowest BCUT2D eigenvalue weighted by Crippen LogP contribution is -2.40. The molecular weight excluding hydrogens is 351 g/mol. The third kappa shape index (κ3) is 8.66. The van der Waals surface area contributed by atoms with Gasteiger partial charge in [-0.05, 0) is 25.1 Å². The van der Waals surface area contributed by atoms with Gasteiger partial charge in [0.1, 0.15) is 5.75 Å². The number of benzene rings is 1. The summed E-state index contributed by atoms with van der Waals surface area (Å²) in [5.41, 5.74) is 0. The fraction of sp³-hybridized carbons (Fsp3) is 0.500. The summed E-state index contributed by atoms with van der Waals surface area (Å²) in [5.74, 6) is 0.271. The first-order chi connectivity index (χ1) is 10.0. The van der Waals surface area contributed by atoms with E-state index in [0.29, 0.717) is 35.5 Å². The van der Waals surface area contributed by atoms with Crippen molar-refractivity contribution in [1.82, 2.24) is 10.6 Å². The first-order valence-corrected chi connectivity index (χ1v) is 7.38. The second kappa shape index (κ2) is 11.8. The predicted octanol–water partition coefficient (Wildman–Crippen LogP) is 2.53. The molecule has 1 amide bonds. The molecule has 0 fully saturated rings. The lowest BCUT2D eigenvalue weighted by molar-refractivity contribution is -0.127. The Balaban J connectivity index is 0.00000441. The molecule has 1 atom stereocenters. The zero-order chi connectivity index (χ0) is 15.7.